The maximum atomic E-state index is 13.4. The van der Waals surface area contributed by atoms with Gasteiger partial charge in [0.15, 0.2) is 15.9 Å². The molecule has 1 aliphatic heterocycles. The Morgan fingerprint density at radius 1 is 1.39 bits per heavy atom. The van der Waals surface area contributed by atoms with Gasteiger partial charge in [-0.05, 0) is 25.0 Å². The van der Waals surface area contributed by atoms with Crippen molar-refractivity contribution in [2.24, 2.45) is 0 Å². The Morgan fingerprint density at radius 2 is 2.09 bits per heavy atom. The third-order valence-electron chi connectivity index (χ3n) is 3.55. The van der Waals surface area contributed by atoms with E-state index in [0.717, 1.165) is 0 Å². The maximum absolute atomic E-state index is 13.4. The van der Waals surface area contributed by atoms with E-state index in [1.165, 1.54) is 25.1 Å². The molecule has 0 saturated carbocycles. The van der Waals surface area contributed by atoms with Crippen LogP contribution in [-0.2, 0) is 30.6 Å². The summed E-state index contributed by atoms with van der Waals surface area (Å²) < 4.78 is 41.1. The van der Waals surface area contributed by atoms with Crippen molar-refractivity contribution in [1.29, 1.82) is 0 Å². The van der Waals surface area contributed by atoms with Crippen LogP contribution in [0.4, 0.5) is 4.39 Å². The third kappa shape index (κ3) is 5.02. The summed E-state index contributed by atoms with van der Waals surface area (Å²) in [6, 6.07) is 5.35. The minimum Gasteiger partial charge on any atom is -0.452 e. The van der Waals surface area contributed by atoms with Crippen LogP contribution in [0.25, 0.3) is 0 Å². The van der Waals surface area contributed by atoms with Gasteiger partial charge in [-0.15, -0.1) is 0 Å². The molecule has 0 aliphatic carbocycles. The average molecular weight is 343 g/mol. The average Bonchev–Trinajstić information content (AvgIpc) is 2.80. The maximum Gasteiger partial charge on any atom is 0.311 e. The molecule has 0 unspecified atom stereocenters. The number of esters is 1. The van der Waals surface area contributed by atoms with Crippen molar-refractivity contribution < 1.29 is 27.1 Å². The number of amides is 1. The zero-order valence-electron chi connectivity index (χ0n) is 12.6. The standard InChI is InChI=1S/C15H18FNO5S/c1-10(15(19)17-12-6-7-23(20,21)9-12)22-14(18)8-11-4-2-3-5-13(11)16/h2-5,10,12H,6-9H2,1H3,(H,17,19)/t10-,12+/m0/s1. The Morgan fingerprint density at radius 3 is 2.70 bits per heavy atom. The molecule has 0 aromatic heterocycles. The molecule has 1 aliphatic rings. The Labute approximate surface area is 133 Å². The smallest absolute Gasteiger partial charge is 0.311 e. The first-order valence-corrected chi connectivity index (χ1v) is 9.02. The summed E-state index contributed by atoms with van der Waals surface area (Å²) in [7, 11) is -3.10. The van der Waals surface area contributed by atoms with Crippen molar-refractivity contribution in [3.8, 4) is 0 Å². The Balaban J connectivity index is 1.84. The van der Waals surface area contributed by atoms with Gasteiger partial charge in [-0.1, -0.05) is 18.2 Å². The molecule has 0 spiro atoms. The Bertz CT molecular complexity index is 704. The van der Waals surface area contributed by atoms with Crippen LogP contribution in [0.2, 0.25) is 0 Å². The lowest BCUT2D eigenvalue weighted by atomic mass is 10.1. The van der Waals surface area contributed by atoms with Gasteiger partial charge in [-0.2, -0.15) is 0 Å². The van der Waals surface area contributed by atoms with E-state index in [-0.39, 0.29) is 23.5 Å². The first-order valence-electron chi connectivity index (χ1n) is 7.20. The van der Waals surface area contributed by atoms with E-state index >= 15 is 0 Å². The summed E-state index contributed by atoms with van der Waals surface area (Å²) in [5.74, 6) is -1.86. The molecule has 2 rings (SSSR count). The zero-order chi connectivity index (χ0) is 17.0. The summed E-state index contributed by atoms with van der Waals surface area (Å²) in [4.78, 5) is 23.7. The quantitative estimate of drug-likeness (QED) is 0.791. The SMILES string of the molecule is C[C@H](OC(=O)Cc1ccccc1F)C(=O)N[C@@H]1CCS(=O)(=O)C1. The van der Waals surface area contributed by atoms with Crippen molar-refractivity contribution in [3.63, 3.8) is 0 Å². The lowest BCUT2D eigenvalue weighted by Crippen LogP contribution is -2.42. The lowest BCUT2D eigenvalue weighted by Gasteiger charge is -2.16. The molecule has 2 atom stereocenters. The number of halogens is 1. The van der Waals surface area contributed by atoms with E-state index in [1.807, 2.05) is 0 Å². The highest BCUT2D eigenvalue weighted by molar-refractivity contribution is 7.91. The zero-order valence-corrected chi connectivity index (χ0v) is 13.4. The fourth-order valence-electron chi connectivity index (χ4n) is 2.32. The number of nitrogens with one attached hydrogen (secondary N) is 1. The highest BCUT2D eigenvalue weighted by Crippen LogP contribution is 2.12. The first kappa shape index (κ1) is 17.4. The summed E-state index contributed by atoms with van der Waals surface area (Å²) in [6.45, 7) is 1.39. The molecule has 0 radical (unpaired) electrons. The van der Waals surface area contributed by atoms with Crippen molar-refractivity contribution in [2.75, 3.05) is 11.5 Å². The van der Waals surface area contributed by atoms with Gasteiger partial charge < -0.3 is 10.1 Å². The number of sulfone groups is 1. The Hall–Kier alpha value is -1.96. The summed E-state index contributed by atoms with van der Waals surface area (Å²) >= 11 is 0. The molecular weight excluding hydrogens is 325 g/mol. The van der Waals surface area contributed by atoms with Gasteiger partial charge in [0.2, 0.25) is 0 Å². The minimum absolute atomic E-state index is 0.0411. The highest BCUT2D eigenvalue weighted by atomic mass is 32.2. The largest absolute Gasteiger partial charge is 0.452 e. The van der Waals surface area contributed by atoms with Crippen LogP contribution in [0.1, 0.15) is 18.9 Å². The predicted molar refractivity (Wildman–Crippen MR) is 80.9 cm³/mol. The summed E-state index contributed by atoms with van der Waals surface area (Å²) in [5, 5.41) is 2.55. The van der Waals surface area contributed by atoms with Gasteiger partial charge in [-0.3, -0.25) is 9.59 Å². The second-order valence-electron chi connectivity index (χ2n) is 5.51. The van der Waals surface area contributed by atoms with Crippen molar-refractivity contribution in [3.05, 3.63) is 35.6 Å². The number of ether oxygens (including phenoxy) is 1. The van der Waals surface area contributed by atoms with Gasteiger partial charge in [0.1, 0.15) is 5.82 Å². The highest BCUT2D eigenvalue weighted by Gasteiger charge is 2.30. The van der Waals surface area contributed by atoms with Crippen molar-refractivity contribution in [1.82, 2.24) is 5.32 Å². The normalized spacial score (nSPS) is 20.7. The van der Waals surface area contributed by atoms with Gasteiger partial charge in [0, 0.05) is 6.04 Å². The van der Waals surface area contributed by atoms with Gasteiger partial charge >= 0.3 is 5.97 Å². The number of carbonyl (C=O) groups is 2. The van der Waals surface area contributed by atoms with E-state index in [2.05, 4.69) is 5.32 Å². The van der Waals surface area contributed by atoms with Crippen LogP contribution >= 0.6 is 0 Å². The predicted octanol–water partition coefficient (Wildman–Crippen LogP) is 0.603. The van der Waals surface area contributed by atoms with Crippen LogP contribution in [0.15, 0.2) is 24.3 Å². The van der Waals surface area contributed by atoms with E-state index in [0.29, 0.717) is 6.42 Å². The molecule has 0 bridgehead atoms. The lowest BCUT2D eigenvalue weighted by molar-refractivity contribution is -0.154. The fourth-order valence-corrected chi connectivity index (χ4v) is 3.99. The summed E-state index contributed by atoms with van der Waals surface area (Å²) in [6.07, 6.45) is -0.996. The van der Waals surface area contributed by atoms with Crippen LogP contribution in [-0.4, -0.2) is 43.9 Å². The molecule has 1 N–H and O–H groups in total. The van der Waals surface area contributed by atoms with E-state index in [9.17, 15) is 22.4 Å². The summed E-state index contributed by atoms with van der Waals surface area (Å²) in [5.41, 5.74) is 0.187. The molecule has 126 valence electrons. The number of carbonyl (C=O) groups excluding carboxylic acids is 2. The minimum atomic E-state index is -3.10. The van der Waals surface area contributed by atoms with Gasteiger partial charge in [0.05, 0.1) is 17.9 Å². The number of hydrogen-bond acceptors (Lipinski definition) is 5. The number of rotatable bonds is 5. The van der Waals surface area contributed by atoms with Crippen molar-refractivity contribution in [2.45, 2.75) is 31.9 Å². The van der Waals surface area contributed by atoms with Crippen LogP contribution in [0.3, 0.4) is 0 Å². The number of benzene rings is 1. The molecule has 1 aromatic carbocycles. The van der Waals surface area contributed by atoms with Crippen molar-refractivity contribution >= 4 is 21.7 Å². The monoisotopic (exact) mass is 343 g/mol. The van der Waals surface area contributed by atoms with Crippen LogP contribution in [0, 0.1) is 5.82 Å². The molecule has 1 fully saturated rings. The topological polar surface area (TPSA) is 89.5 Å². The van der Waals surface area contributed by atoms with E-state index in [1.54, 1.807) is 6.07 Å². The molecule has 23 heavy (non-hydrogen) atoms. The molecule has 6 nitrogen and oxygen atoms in total. The van der Waals surface area contributed by atoms with Gasteiger partial charge in [-0.25, -0.2) is 12.8 Å². The Kier molecular flexibility index (Phi) is 5.35. The molecule has 8 heteroatoms. The van der Waals surface area contributed by atoms with Crippen LogP contribution in [0.5, 0.6) is 0 Å². The number of hydrogen-bond donors (Lipinski definition) is 1. The first-order chi connectivity index (χ1) is 10.8. The molecule has 1 aromatic rings. The van der Waals surface area contributed by atoms with Gasteiger partial charge in [0.25, 0.3) is 5.91 Å². The second-order valence-corrected chi connectivity index (χ2v) is 7.74. The second kappa shape index (κ2) is 7.08. The fraction of sp³-hybridized carbons (Fsp3) is 0.467. The molecule has 1 amide bonds. The third-order valence-corrected chi connectivity index (χ3v) is 5.32. The molecule has 1 heterocycles. The van der Waals surface area contributed by atoms with Crippen LogP contribution < -0.4 is 5.32 Å². The molecular formula is C15H18FNO5S. The van der Waals surface area contributed by atoms with E-state index < -0.39 is 39.7 Å². The van der Waals surface area contributed by atoms with E-state index in [4.69, 9.17) is 4.74 Å². The molecule has 1 saturated heterocycles.